The van der Waals surface area contributed by atoms with E-state index in [1.807, 2.05) is 13.8 Å². The Bertz CT molecular complexity index is 2400. The average Bonchev–Trinajstić information content (AvgIpc) is 3.24. The van der Waals surface area contributed by atoms with Crippen LogP contribution in [0.5, 0.6) is 0 Å². The average molecular weight is 970 g/mol. The van der Waals surface area contributed by atoms with E-state index in [0.717, 1.165) is 0 Å². The van der Waals surface area contributed by atoms with Gasteiger partial charge in [-0.1, -0.05) is 35.3 Å². The van der Waals surface area contributed by atoms with Gasteiger partial charge in [0.2, 0.25) is 0 Å². The molecule has 0 saturated carbocycles. The van der Waals surface area contributed by atoms with E-state index in [0.29, 0.717) is 102 Å². The van der Waals surface area contributed by atoms with Crippen LogP contribution in [0.15, 0.2) is 85.2 Å². The third-order valence-corrected chi connectivity index (χ3v) is 14.8. The molecule has 3 aliphatic rings. The highest BCUT2D eigenvalue weighted by molar-refractivity contribution is 7.90. The first kappa shape index (κ1) is 49.9. The SMILES string of the molecule is COC(=O)c1ccc(CN(c2cccc(Cl)c2)S(=O)(=O)N2CCN(C3COC3)[C@@H](C)C2)nc1.COC(=O)c1ccc(CN(c2cccc(Cl)c2)S(=O)(=O)N2CCN[C@@H](C)C2)nc1.Cl. The van der Waals surface area contributed by atoms with Crippen LogP contribution in [0.1, 0.15) is 46.0 Å². The van der Waals surface area contributed by atoms with E-state index in [1.54, 1.807) is 72.8 Å². The summed E-state index contributed by atoms with van der Waals surface area (Å²) in [5.41, 5.74) is 2.47. The Morgan fingerprint density at radius 1 is 0.746 bits per heavy atom. The Balaban J connectivity index is 0.000000236. The maximum absolute atomic E-state index is 13.8. The molecule has 0 bridgehead atoms. The normalized spacial score (nSPS) is 18.8. The summed E-state index contributed by atoms with van der Waals surface area (Å²) in [5.74, 6) is -1.00. The van der Waals surface area contributed by atoms with Crippen molar-refractivity contribution < 1.29 is 40.6 Å². The van der Waals surface area contributed by atoms with E-state index >= 15 is 0 Å². The zero-order valence-electron chi connectivity index (χ0n) is 35.2. The molecule has 5 heterocycles. The van der Waals surface area contributed by atoms with E-state index in [9.17, 15) is 26.4 Å². The van der Waals surface area contributed by atoms with E-state index in [-0.39, 0.29) is 37.6 Å². The second kappa shape index (κ2) is 22.2. The minimum absolute atomic E-state index is 0. The molecular weight excluding hydrogens is 919 g/mol. The summed E-state index contributed by atoms with van der Waals surface area (Å²) in [6.45, 7) is 8.09. The van der Waals surface area contributed by atoms with E-state index < -0.39 is 32.4 Å². The molecular formula is C41H51Cl3N8O9S2. The number of ether oxygens (including phenoxy) is 3. The zero-order valence-corrected chi connectivity index (χ0v) is 39.1. The molecule has 4 aromatic rings. The standard InChI is InChI=1S/C22H27ClN4O5S.C19H23ClN4O4S.ClH/c1-16-12-25(8-9-26(16)21-14-32-15-21)33(29,30)27(20-5-3-4-18(23)10-20)13-19-7-6-17(11-24-19)22(28)31-2;1-14-12-23(9-8-21-14)29(26,27)24(18-5-3-4-16(20)10-18)13-17-7-6-15(11-22-17)19(25)28-2;/h3-7,10-11,16,21H,8-9,12-15H2,1-2H3;3-7,10-11,14,21H,8-9,12-13H2,1-2H3;1H/t16-;14-;/m00./s1. The number of hydrogen-bond donors (Lipinski definition) is 1. The van der Waals surface area contributed by atoms with E-state index in [1.165, 1.54) is 43.8 Å². The lowest BCUT2D eigenvalue weighted by Gasteiger charge is -2.46. The van der Waals surface area contributed by atoms with Gasteiger partial charge in [0.25, 0.3) is 0 Å². The quantitative estimate of drug-likeness (QED) is 0.183. The van der Waals surface area contributed by atoms with Crippen LogP contribution in [0.4, 0.5) is 11.4 Å². The Morgan fingerprint density at radius 3 is 1.62 bits per heavy atom. The van der Waals surface area contributed by atoms with Crippen LogP contribution in [0.25, 0.3) is 0 Å². The maximum atomic E-state index is 13.8. The lowest BCUT2D eigenvalue weighted by Crippen LogP contribution is -2.62. The second-order valence-corrected chi connectivity index (χ2v) is 19.5. The summed E-state index contributed by atoms with van der Waals surface area (Å²) >= 11 is 12.3. The molecule has 2 atom stereocenters. The number of anilines is 2. The Morgan fingerprint density at radius 2 is 1.24 bits per heavy atom. The smallest absolute Gasteiger partial charge is 0.339 e. The van der Waals surface area contributed by atoms with Gasteiger partial charge in [-0.05, 0) is 74.5 Å². The van der Waals surface area contributed by atoms with Crippen molar-refractivity contribution in [1.29, 1.82) is 0 Å². The number of esters is 2. The Hall–Kier alpha value is -4.15. The van der Waals surface area contributed by atoms with Crippen LogP contribution in [0, 0.1) is 0 Å². The summed E-state index contributed by atoms with van der Waals surface area (Å²) in [7, 11) is -5.11. The fourth-order valence-electron chi connectivity index (χ4n) is 7.17. The number of piperazine rings is 2. The van der Waals surface area contributed by atoms with Crippen LogP contribution >= 0.6 is 35.6 Å². The van der Waals surface area contributed by atoms with Crippen LogP contribution in [-0.2, 0) is 47.7 Å². The number of halogens is 3. The number of hydrogen-bond acceptors (Lipinski definition) is 13. The Labute approximate surface area is 385 Å². The first-order valence-corrected chi connectivity index (χ1v) is 23.4. The van der Waals surface area contributed by atoms with Crippen molar-refractivity contribution in [2.75, 3.05) is 75.3 Å². The van der Waals surface area contributed by atoms with Crippen molar-refractivity contribution >= 4 is 79.3 Å². The summed E-state index contributed by atoms with van der Waals surface area (Å²) in [4.78, 5) is 34.1. The fraction of sp³-hybridized carbons (Fsp3) is 0.415. The van der Waals surface area contributed by atoms with Crippen LogP contribution < -0.4 is 13.9 Å². The molecule has 3 aliphatic heterocycles. The van der Waals surface area contributed by atoms with Gasteiger partial charge < -0.3 is 19.5 Å². The number of carbonyl (C=O) groups excluding carboxylic acids is 2. The number of carbonyl (C=O) groups is 2. The molecule has 0 aliphatic carbocycles. The number of nitrogens with zero attached hydrogens (tertiary/aromatic N) is 7. The van der Waals surface area contributed by atoms with Gasteiger partial charge in [0.15, 0.2) is 0 Å². The molecule has 63 heavy (non-hydrogen) atoms. The molecule has 0 amide bonds. The molecule has 3 saturated heterocycles. The molecule has 3 fully saturated rings. The third kappa shape index (κ3) is 12.4. The number of methoxy groups -OCH3 is 2. The molecule has 17 nitrogen and oxygen atoms in total. The third-order valence-electron chi connectivity index (χ3n) is 10.6. The van der Waals surface area contributed by atoms with Crippen LogP contribution in [-0.4, -0.2) is 137 Å². The highest BCUT2D eigenvalue weighted by Crippen LogP contribution is 2.29. The van der Waals surface area contributed by atoms with Crippen molar-refractivity contribution in [3.63, 3.8) is 0 Å². The molecule has 0 spiro atoms. The molecule has 1 N–H and O–H groups in total. The number of pyridine rings is 2. The largest absolute Gasteiger partial charge is 0.465 e. The lowest BCUT2D eigenvalue weighted by atomic mass is 10.1. The Kier molecular flexibility index (Phi) is 17.5. The van der Waals surface area contributed by atoms with Crippen molar-refractivity contribution in [1.82, 2.24) is 28.8 Å². The maximum Gasteiger partial charge on any atom is 0.339 e. The molecule has 0 radical (unpaired) electrons. The van der Waals surface area contributed by atoms with Gasteiger partial charge in [-0.3, -0.25) is 23.5 Å². The number of nitrogens with one attached hydrogen (secondary N) is 1. The molecule has 2 aromatic heterocycles. The van der Waals surface area contributed by atoms with Gasteiger partial charge >= 0.3 is 32.4 Å². The predicted octanol–water partition coefficient (Wildman–Crippen LogP) is 4.67. The van der Waals surface area contributed by atoms with E-state index in [2.05, 4.69) is 24.9 Å². The van der Waals surface area contributed by atoms with Gasteiger partial charge in [0.05, 0.1) is 80.5 Å². The summed E-state index contributed by atoms with van der Waals surface area (Å²) in [5, 5.41) is 4.11. The summed E-state index contributed by atoms with van der Waals surface area (Å²) < 4.78 is 74.7. The zero-order chi connectivity index (χ0) is 44.6. The van der Waals surface area contributed by atoms with Gasteiger partial charge in [-0.15, -0.1) is 12.4 Å². The van der Waals surface area contributed by atoms with Crippen molar-refractivity contribution in [3.05, 3.63) is 118 Å². The highest BCUT2D eigenvalue weighted by atomic mass is 35.5. The molecule has 22 heteroatoms. The molecule has 0 unspecified atom stereocenters. The van der Waals surface area contributed by atoms with Gasteiger partial charge in [-0.2, -0.15) is 25.4 Å². The first-order valence-electron chi connectivity index (χ1n) is 19.8. The van der Waals surface area contributed by atoms with Gasteiger partial charge in [-0.25, -0.2) is 9.59 Å². The van der Waals surface area contributed by atoms with Crippen LogP contribution in [0.3, 0.4) is 0 Å². The van der Waals surface area contributed by atoms with Gasteiger partial charge in [0, 0.05) is 73.8 Å². The van der Waals surface area contributed by atoms with Crippen molar-refractivity contribution in [2.24, 2.45) is 0 Å². The first-order chi connectivity index (χ1) is 29.6. The molecule has 7 rings (SSSR count). The number of aromatic nitrogens is 2. The highest BCUT2D eigenvalue weighted by Gasteiger charge is 2.39. The molecule has 342 valence electrons. The topological polar surface area (TPSA) is 184 Å². The minimum Gasteiger partial charge on any atom is -0.465 e. The minimum atomic E-state index is -3.88. The van der Waals surface area contributed by atoms with Crippen LogP contribution in [0.2, 0.25) is 10.0 Å². The number of benzene rings is 2. The summed E-state index contributed by atoms with van der Waals surface area (Å²) in [6, 6.07) is 20.3. The van der Waals surface area contributed by atoms with Crippen molar-refractivity contribution in [2.45, 2.75) is 45.1 Å². The molecule has 2 aromatic carbocycles. The van der Waals surface area contributed by atoms with E-state index in [4.69, 9.17) is 32.7 Å². The predicted molar refractivity (Wildman–Crippen MR) is 243 cm³/mol. The fourth-order valence-corrected chi connectivity index (χ4v) is 10.9. The van der Waals surface area contributed by atoms with Crippen molar-refractivity contribution in [3.8, 4) is 0 Å². The summed E-state index contributed by atoms with van der Waals surface area (Å²) in [6.07, 6.45) is 2.75. The second-order valence-electron chi connectivity index (χ2n) is 14.9. The monoisotopic (exact) mass is 968 g/mol. The number of rotatable bonds is 13. The lowest BCUT2D eigenvalue weighted by molar-refractivity contribution is -0.0873. The van der Waals surface area contributed by atoms with Gasteiger partial charge in [0.1, 0.15) is 0 Å².